The third-order valence-electron chi connectivity index (χ3n) is 6.31. The van der Waals surface area contributed by atoms with Gasteiger partial charge in [-0.3, -0.25) is 9.69 Å². The van der Waals surface area contributed by atoms with Gasteiger partial charge in [0.25, 0.3) is 5.91 Å². The Morgan fingerprint density at radius 1 is 0.923 bits per heavy atom. The van der Waals surface area contributed by atoms with E-state index in [0.717, 1.165) is 34.7 Å². The Morgan fingerprint density at radius 2 is 1.51 bits per heavy atom. The van der Waals surface area contributed by atoms with E-state index in [1.54, 1.807) is 30.2 Å². The largest absolute Gasteiger partial charge is 0.497 e. The molecule has 0 saturated carbocycles. The minimum absolute atomic E-state index is 0.126. The van der Waals surface area contributed by atoms with E-state index in [2.05, 4.69) is 0 Å². The van der Waals surface area contributed by atoms with Gasteiger partial charge in [0.15, 0.2) is 0 Å². The minimum atomic E-state index is -0.922. The van der Waals surface area contributed by atoms with E-state index in [0.29, 0.717) is 31.7 Å². The number of hydrogen-bond acceptors (Lipinski definition) is 9. The van der Waals surface area contributed by atoms with E-state index in [1.165, 1.54) is 20.3 Å². The van der Waals surface area contributed by atoms with Crippen LogP contribution in [0.3, 0.4) is 0 Å². The second-order valence-corrected chi connectivity index (χ2v) is 11.9. The Balaban J connectivity index is 1.85. The van der Waals surface area contributed by atoms with Crippen LogP contribution in [0.15, 0.2) is 62.6 Å². The lowest BCUT2D eigenvalue weighted by molar-refractivity contribution is -0.138. The summed E-state index contributed by atoms with van der Waals surface area (Å²) >= 11 is 8.22. The van der Waals surface area contributed by atoms with Gasteiger partial charge in [0.05, 0.1) is 41.7 Å². The molecule has 0 spiro atoms. The average molecular weight is 582 g/mol. The predicted molar refractivity (Wildman–Crippen MR) is 161 cm³/mol. The number of thiocarbonyl (C=S) groups is 1. The molecule has 4 rings (SSSR count). The molecule has 2 heterocycles. The lowest BCUT2D eigenvalue weighted by atomic mass is 9.83. The maximum absolute atomic E-state index is 13.7. The van der Waals surface area contributed by atoms with E-state index >= 15 is 0 Å². The summed E-state index contributed by atoms with van der Waals surface area (Å²) in [5.41, 5.74) is 3.04. The molecule has 0 saturated heterocycles. The Labute approximate surface area is 241 Å². The number of nitrogens with zero attached hydrogens (tertiary/aromatic N) is 1. The molecule has 202 valence electrons. The summed E-state index contributed by atoms with van der Waals surface area (Å²) in [4.78, 5) is 41.1. The number of benzene rings is 2. The van der Waals surface area contributed by atoms with Crippen molar-refractivity contribution < 1.29 is 28.6 Å². The van der Waals surface area contributed by atoms with Crippen molar-refractivity contribution in [1.29, 1.82) is 0 Å². The van der Waals surface area contributed by atoms with Crippen molar-refractivity contribution in [3.05, 3.63) is 79.3 Å². The van der Waals surface area contributed by atoms with Crippen molar-refractivity contribution in [2.75, 3.05) is 26.2 Å². The Bertz CT molecular complexity index is 1440. The summed E-state index contributed by atoms with van der Waals surface area (Å²) in [7, 11) is 4.06. The molecule has 7 nitrogen and oxygen atoms in total. The van der Waals surface area contributed by atoms with Gasteiger partial charge in [-0.05, 0) is 50.6 Å². The molecule has 2 aliphatic heterocycles. The first-order chi connectivity index (χ1) is 18.5. The zero-order valence-electron chi connectivity index (χ0n) is 22.3. The first-order valence-electron chi connectivity index (χ1n) is 11.9. The SMILES string of the molecule is COC(=O)C1=C(C(=O)OC)SC(=C2C(=S)C(C)(C)N(C(=O)/C=C\c3ccc(C)cc3)c3ccc(OC)cc32)S1. The number of thioether (sulfide) groups is 2. The van der Waals surface area contributed by atoms with Gasteiger partial charge in [0.1, 0.15) is 15.6 Å². The molecular weight excluding hydrogens is 555 g/mol. The molecule has 0 fully saturated rings. The molecular formula is C29H27NO6S3. The summed E-state index contributed by atoms with van der Waals surface area (Å²) in [5.74, 6) is -0.963. The summed E-state index contributed by atoms with van der Waals surface area (Å²) in [5, 5.41) is 0. The van der Waals surface area contributed by atoms with Crippen LogP contribution in [-0.2, 0) is 23.9 Å². The number of hydrogen-bond donors (Lipinski definition) is 0. The number of methoxy groups -OCH3 is 3. The van der Waals surface area contributed by atoms with Gasteiger partial charge in [-0.25, -0.2) is 9.59 Å². The molecule has 0 aliphatic carbocycles. The minimum Gasteiger partial charge on any atom is -0.497 e. The van der Waals surface area contributed by atoms with Gasteiger partial charge in [-0.1, -0.05) is 65.6 Å². The van der Waals surface area contributed by atoms with Crippen molar-refractivity contribution in [3.63, 3.8) is 0 Å². The molecule has 39 heavy (non-hydrogen) atoms. The van der Waals surface area contributed by atoms with E-state index in [4.69, 9.17) is 26.4 Å². The fourth-order valence-corrected chi connectivity index (χ4v) is 7.27. The maximum atomic E-state index is 13.7. The normalized spacial score (nSPS) is 16.5. The first-order valence-corrected chi connectivity index (χ1v) is 13.9. The van der Waals surface area contributed by atoms with E-state index in [-0.39, 0.29) is 15.7 Å². The highest BCUT2D eigenvalue weighted by Gasteiger charge is 2.45. The molecule has 1 amide bonds. The van der Waals surface area contributed by atoms with E-state index < -0.39 is 17.5 Å². The summed E-state index contributed by atoms with van der Waals surface area (Å²) < 4.78 is 15.9. The molecule has 0 aromatic heterocycles. The predicted octanol–water partition coefficient (Wildman–Crippen LogP) is 5.92. The van der Waals surface area contributed by atoms with Crippen LogP contribution >= 0.6 is 35.7 Å². The van der Waals surface area contributed by atoms with Crippen molar-refractivity contribution in [2.45, 2.75) is 26.3 Å². The van der Waals surface area contributed by atoms with Crippen LogP contribution in [-0.4, -0.2) is 49.6 Å². The molecule has 0 N–H and O–H groups in total. The van der Waals surface area contributed by atoms with Crippen LogP contribution in [0.25, 0.3) is 11.6 Å². The quantitative estimate of drug-likeness (QED) is 0.243. The van der Waals surface area contributed by atoms with Crippen LogP contribution in [0.2, 0.25) is 0 Å². The zero-order valence-corrected chi connectivity index (χ0v) is 24.8. The highest BCUT2D eigenvalue weighted by Crippen LogP contribution is 2.56. The van der Waals surface area contributed by atoms with Gasteiger partial charge in [0, 0.05) is 17.2 Å². The van der Waals surface area contributed by atoms with Crippen molar-refractivity contribution in [1.82, 2.24) is 0 Å². The van der Waals surface area contributed by atoms with Crippen molar-refractivity contribution in [2.24, 2.45) is 0 Å². The summed E-state index contributed by atoms with van der Waals surface area (Å²) in [6.07, 6.45) is 3.31. The number of amides is 1. The third-order valence-corrected chi connectivity index (χ3v) is 9.57. The van der Waals surface area contributed by atoms with Crippen LogP contribution in [0, 0.1) is 6.92 Å². The van der Waals surface area contributed by atoms with Gasteiger partial charge < -0.3 is 14.2 Å². The standard InChI is InChI=1S/C29H27NO6S3/c1-16-7-9-17(10-8-16)11-14-21(31)30-20-13-12-18(34-4)15-19(20)22(25(37)29(30,2)3)28-38-23(26(32)35-5)24(39-28)27(33)36-6/h7-15H,1-6H3/b14-11-. The zero-order chi connectivity index (χ0) is 28.5. The molecule has 0 unspecified atom stereocenters. The number of esters is 2. The molecule has 0 atom stereocenters. The lowest BCUT2D eigenvalue weighted by Crippen LogP contribution is -2.55. The smallest absolute Gasteiger partial charge is 0.346 e. The van der Waals surface area contributed by atoms with Crippen molar-refractivity contribution >= 4 is 75.8 Å². The Morgan fingerprint density at radius 3 is 2.05 bits per heavy atom. The summed E-state index contributed by atoms with van der Waals surface area (Å²) in [6.45, 7) is 5.76. The maximum Gasteiger partial charge on any atom is 0.346 e. The van der Waals surface area contributed by atoms with E-state index in [9.17, 15) is 14.4 Å². The average Bonchev–Trinajstić information content (AvgIpc) is 3.37. The van der Waals surface area contributed by atoms with Crippen LogP contribution in [0.5, 0.6) is 5.75 Å². The van der Waals surface area contributed by atoms with Crippen LogP contribution < -0.4 is 9.64 Å². The highest BCUT2D eigenvalue weighted by atomic mass is 32.2. The molecule has 0 bridgehead atoms. The number of carbonyl (C=O) groups is 3. The third kappa shape index (κ3) is 5.41. The van der Waals surface area contributed by atoms with Crippen LogP contribution in [0.1, 0.15) is 30.5 Å². The fraction of sp³-hybridized carbons (Fsp3) is 0.241. The number of rotatable bonds is 5. The monoisotopic (exact) mass is 581 g/mol. The summed E-state index contributed by atoms with van der Waals surface area (Å²) in [6, 6.07) is 13.3. The van der Waals surface area contributed by atoms with Crippen molar-refractivity contribution in [3.8, 4) is 5.75 Å². The van der Waals surface area contributed by atoms with Gasteiger partial charge in [-0.2, -0.15) is 0 Å². The van der Waals surface area contributed by atoms with Gasteiger partial charge in [-0.15, -0.1) is 0 Å². The Kier molecular flexibility index (Phi) is 8.39. The van der Waals surface area contributed by atoms with Gasteiger partial charge in [0.2, 0.25) is 0 Å². The second kappa shape index (κ2) is 11.4. The fourth-order valence-electron chi connectivity index (χ4n) is 4.24. The number of ether oxygens (including phenoxy) is 3. The van der Waals surface area contributed by atoms with E-state index in [1.807, 2.05) is 51.1 Å². The highest BCUT2D eigenvalue weighted by molar-refractivity contribution is 8.29. The van der Waals surface area contributed by atoms with Gasteiger partial charge >= 0.3 is 11.9 Å². The molecule has 0 radical (unpaired) electrons. The number of fused-ring (bicyclic) bond motifs is 1. The molecule has 2 aromatic rings. The lowest BCUT2D eigenvalue weighted by Gasteiger charge is -2.45. The molecule has 10 heteroatoms. The first kappa shape index (κ1) is 28.7. The second-order valence-electron chi connectivity index (χ2n) is 9.20. The number of aryl methyl sites for hydroxylation is 1. The molecule has 2 aliphatic rings. The molecule has 2 aromatic carbocycles. The number of anilines is 1. The topological polar surface area (TPSA) is 82.1 Å². The Hall–Kier alpha value is -3.34. The van der Waals surface area contributed by atoms with Crippen LogP contribution in [0.4, 0.5) is 5.69 Å². The number of carbonyl (C=O) groups excluding carboxylic acids is 3.